The molecule has 0 atom stereocenters. The molecular formula is C6H13NO. The molecule has 0 aliphatic carbocycles. The quantitative estimate of drug-likeness (QED) is 0.560. The van der Waals surface area contributed by atoms with Crippen molar-refractivity contribution in [2.24, 2.45) is 0 Å². The summed E-state index contributed by atoms with van der Waals surface area (Å²) in [4.78, 5) is 4.55. The van der Waals surface area contributed by atoms with Crippen LogP contribution in [0.1, 0.15) is 19.8 Å². The second kappa shape index (κ2) is 6.50. The Balaban J connectivity index is 2.83. The summed E-state index contributed by atoms with van der Waals surface area (Å²) in [6, 6.07) is 0. The van der Waals surface area contributed by atoms with Gasteiger partial charge in [0, 0.05) is 6.20 Å². The van der Waals surface area contributed by atoms with Gasteiger partial charge in [-0.1, -0.05) is 19.4 Å². The van der Waals surface area contributed by atoms with E-state index in [4.69, 9.17) is 0 Å². The highest BCUT2D eigenvalue weighted by Gasteiger charge is 1.69. The van der Waals surface area contributed by atoms with Crippen LogP contribution in [-0.2, 0) is 4.84 Å². The monoisotopic (exact) mass is 115 g/mol. The highest BCUT2D eigenvalue weighted by molar-refractivity contribution is 4.75. The van der Waals surface area contributed by atoms with Crippen LogP contribution in [0.4, 0.5) is 0 Å². The standard InChI is InChI=1S/C6H13NO/c1-3-4-5-6-7-8-2/h5-7H,3-4H2,1-2H3/b6-5-. The van der Waals surface area contributed by atoms with Crippen molar-refractivity contribution in [3.63, 3.8) is 0 Å². The van der Waals surface area contributed by atoms with Crippen molar-refractivity contribution in [2.45, 2.75) is 19.8 Å². The van der Waals surface area contributed by atoms with Crippen LogP contribution < -0.4 is 5.48 Å². The molecule has 0 unspecified atom stereocenters. The van der Waals surface area contributed by atoms with Crippen molar-refractivity contribution in [3.05, 3.63) is 12.3 Å². The summed E-state index contributed by atoms with van der Waals surface area (Å²) in [5, 5.41) is 0. The molecule has 0 saturated heterocycles. The lowest BCUT2D eigenvalue weighted by Gasteiger charge is -1.90. The Bertz CT molecular complexity index is 53.5. The van der Waals surface area contributed by atoms with E-state index in [9.17, 15) is 0 Å². The molecule has 0 spiro atoms. The Hall–Kier alpha value is -0.500. The molecule has 2 heteroatoms. The predicted molar refractivity (Wildman–Crippen MR) is 34.2 cm³/mol. The number of rotatable bonds is 4. The highest BCUT2D eigenvalue weighted by atomic mass is 16.6. The summed E-state index contributed by atoms with van der Waals surface area (Å²) in [7, 11) is 1.59. The lowest BCUT2D eigenvalue weighted by atomic mass is 10.3. The third-order valence-corrected chi connectivity index (χ3v) is 0.759. The molecule has 0 aliphatic rings. The van der Waals surface area contributed by atoms with Gasteiger partial charge in [0.25, 0.3) is 0 Å². The number of unbranched alkanes of at least 4 members (excludes halogenated alkanes) is 1. The van der Waals surface area contributed by atoms with Gasteiger partial charge in [-0.25, -0.2) is 0 Å². The fraction of sp³-hybridized carbons (Fsp3) is 0.667. The van der Waals surface area contributed by atoms with E-state index in [-0.39, 0.29) is 0 Å². The summed E-state index contributed by atoms with van der Waals surface area (Å²) < 4.78 is 0. The van der Waals surface area contributed by atoms with Crippen molar-refractivity contribution in [2.75, 3.05) is 7.11 Å². The SMILES string of the molecule is CCC/C=C\NOC. The molecule has 0 saturated carbocycles. The van der Waals surface area contributed by atoms with Gasteiger partial charge >= 0.3 is 0 Å². The molecule has 0 heterocycles. The molecular weight excluding hydrogens is 102 g/mol. The number of hydroxylamine groups is 1. The lowest BCUT2D eigenvalue weighted by molar-refractivity contribution is 0.128. The molecule has 0 radical (unpaired) electrons. The van der Waals surface area contributed by atoms with Gasteiger partial charge in [-0.3, -0.25) is 10.3 Å². The Morgan fingerprint density at radius 1 is 1.62 bits per heavy atom. The molecule has 1 N–H and O–H groups in total. The van der Waals surface area contributed by atoms with E-state index < -0.39 is 0 Å². The third kappa shape index (κ3) is 5.50. The zero-order valence-corrected chi connectivity index (χ0v) is 5.48. The predicted octanol–water partition coefficient (Wildman–Crippen LogP) is 1.45. The molecule has 0 amide bonds. The van der Waals surface area contributed by atoms with E-state index in [0.29, 0.717) is 0 Å². The van der Waals surface area contributed by atoms with E-state index in [1.807, 2.05) is 6.08 Å². The largest absolute Gasteiger partial charge is 0.280 e. The normalized spacial score (nSPS) is 10.2. The number of nitrogens with one attached hydrogen (secondary N) is 1. The van der Waals surface area contributed by atoms with Gasteiger partial charge < -0.3 is 0 Å². The van der Waals surface area contributed by atoms with Gasteiger partial charge in [-0.2, -0.15) is 0 Å². The fourth-order valence-electron chi connectivity index (χ4n) is 0.366. The summed E-state index contributed by atoms with van der Waals surface area (Å²) >= 11 is 0. The zero-order chi connectivity index (χ0) is 6.24. The third-order valence-electron chi connectivity index (χ3n) is 0.759. The maximum absolute atomic E-state index is 4.55. The minimum Gasteiger partial charge on any atom is -0.280 e. The van der Waals surface area contributed by atoms with Gasteiger partial charge in [0.2, 0.25) is 0 Å². The Morgan fingerprint density at radius 2 is 2.38 bits per heavy atom. The van der Waals surface area contributed by atoms with Gasteiger partial charge in [-0.05, 0) is 6.42 Å². The van der Waals surface area contributed by atoms with Crippen molar-refractivity contribution in [1.29, 1.82) is 0 Å². The van der Waals surface area contributed by atoms with E-state index in [2.05, 4.69) is 17.2 Å². The first-order valence-electron chi connectivity index (χ1n) is 2.85. The molecule has 0 aromatic heterocycles. The van der Waals surface area contributed by atoms with E-state index in [0.717, 1.165) is 6.42 Å². The lowest BCUT2D eigenvalue weighted by Crippen LogP contribution is -1.99. The van der Waals surface area contributed by atoms with E-state index >= 15 is 0 Å². The molecule has 8 heavy (non-hydrogen) atoms. The van der Waals surface area contributed by atoms with Gasteiger partial charge in [0.15, 0.2) is 0 Å². The molecule has 0 bridgehead atoms. The van der Waals surface area contributed by atoms with Gasteiger partial charge in [-0.15, -0.1) is 0 Å². The van der Waals surface area contributed by atoms with Crippen molar-refractivity contribution in [3.8, 4) is 0 Å². The maximum Gasteiger partial charge on any atom is 0.0636 e. The van der Waals surface area contributed by atoms with Crippen LogP contribution in [0.5, 0.6) is 0 Å². The van der Waals surface area contributed by atoms with Gasteiger partial charge in [0.05, 0.1) is 7.11 Å². The van der Waals surface area contributed by atoms with Crippen LogP contribution >= 0.6 is 0 Å². The van der Waals surface area contributed by atoms with Crippen LogP contribution in [0.15, 0.2) is 12.3 Å². The number of allylic oxidation sites excluding steroid dienone is 1. The first-order chi connectivity index (χ1) is 3.91. The second-order valence-corrected chi connectivity index (χ2v) is 1.51. The van der Waals surface area contributed by atoms with Crippen molar-refractivity contribution >= 4 is 0 Å². The second-order valence-electron chi connectivity index (χ2n) is 1.51. The summed E-state index contributed by atoms with van der Waals surface area (Å²) in [5.74, 6) is 0. The molecule has 48 valence electrons. The van der Waals surface area contributed by atoms with Crippen molar-refractivity contribution < 1.29 is 4.84 Å². The minimum absolute atomic E-state index is 1.11. The summed E-state index contributed by atoms with van der Waals surface area (Å²) in [5.41, 5.74) is 2.60. The Morgan fingerprint density at radius 3 is 2.88 bits per heavy atom. The minimum atomic E-state index is 1.11. The maximum atomic E-state index is 4.55. The topological polar surface area (TPSA) is 21.3 Å². The molecule has 0 rings (SSSR count). The summed E-state index contributed by atoms with van der Waals surface area (Å²) in [6.45, 7) is 2.14. The molecule has 2 nitrogen and oxygen atoms in total. The molecule has 0 fully saturated rings. The van der Waals surface area contributed by atoms with Crippen LogP contribution in [0.25, 0.3) is 0 Å². The van der Waals surface area contributed by atoms with Crippen molar-refractivity contribution in [1.82, 2.24) is 5.48 Å². The van der Waals surface area contributed by atoms with Crippen LogP contribution in [0.3, 0.4) is 0 Å². The fourth-order valence-corrected chi connectivity index (χ4v) is 0.366. The Kier molecular flexibility index (Phi) is 6.09. The van der Waals surface area contributed by atoms with Gasteiger partial charge in [0.1, 0.15) is 0 Å². The molecule has 0 aromatic carbocycles. The van der Waals surface area contributed by atoms with E-state index in [1.165, 1.54) is 6.42 Å². The van der Waals surface area contributed by atoms with Crippen LogP contribution in [0.2, 0.25) is 0 Å². The zero-order valence-electron chi connectivity index (χ0n) is 5.48. The van der Waals surface area contributed by atoms with E-state index in [1.54, 1.807) is 13.3 Å². The van der Waals surface area contributed by atoms with Crippen LogP contribution in [0, 0.1) is 0 Å². The number of hydrogen-bond acceptors (Lipinski definition) is 2. The highest BCUT2D eigenvalue weighted by Crippen LogP contribution is 1.85. The average molecular weight is 115 g/mol. The first kappa shape index (κ1) is 7.50. The Labute approximate surface area is 50.5 Å². The summed E-state index contributed by atoms with van der Waals surface area (Å²) in [6.07, 6.45) is 6.12. The smallest absolute Gasteiger partial charge is 0.0636 e. The molecule has 0 aliphatic heterocycles. The first-order valence-corrected chi connectivity index (χ1v) is 2.85. The average Bonchev–Trinajstić information content (AvgIpc) is 1.81. The molecule has 0 aromatic rings. The van der Waals surface area contributed by atoms with Crippen LogP contribution in [-0.4, -0.2) is 7.11 Å². The number of hydrogen-bond donors (Lipinski definition) is 1.